The maximum Gasteiger partial charge on any atom is 1.00 e. The number of ether oxygens (including phenoxy) is 6. The van der Waals surface area contributed by atoms with E-state index in [-0.39, 0.29) is 61.1 Å². The molecule has 4 atom stereocenters. The Morgan fingerprint density at radius 1 is 0.759 bits per heavy atom. The van der Waals surface area contributed by atoms with Crippen molar-refractivity contribution in [3.05, 3.63) is 35.9 Å². The molecule has 7 nitrogen and oxygen atoms in total. The Labute approximate surface area is 195 Å². The molecule has 0 aromatic heterocycles. The van der Waals surface area contributed by atoms with Crippen molar-refractivity contribution < 1.29 is 63.1 Å². The fourth-order valence-electron chi connectivity index (χ4n) is 3.55. The predicted octanol–water partition coefficient (Wildman–Crippen LogP) is -1.38. The quantitative estimate of drug-likeness (QED) is 0.458. The number of benzene rings is 1. The first-order valence-corrected chi connectivity index (χ1v) is 9.77. The van der Waals surface area contributed by atoms with Crippen molar-refractivity contribution in [3.63, 3.8) is 0 Å². The summed E-state index contributed by atoms with van der Waals surface area (Å²) < 4.78 is 34.9. The van der Waals surface area contributed by atoms with Crippen LogP contribution < -0.4 is 34.7 Å². The molecule has 158 valence electrons. The van der Waals surface area contributed by atoms with E-state index in [0.717, 1.165) is 5.56 Å². The molecule has 4 unspecified atom stereocenters. The van der Waals surface area contributed by atoms with Crippen LogP contribution in [0.4, 0.5) is 0 Å². The largest absolute Gasteiger partial charge is 1.00 e. The van der Waals surface area contributed by atoms with Crippen LogP contribution in [0.3, 0.4) is 0 Å². The smallest absolute Gasteiger partial charge is 0.853 e. The second kappa shape index (κ2) is 11.0. The Morgan fingerprint density at radius 2 is 1.21 bits per heavy atom. The van der Waals surface area contributed by atoms with Gasteiger partial charge in [0, 0.05) is 0 Å². The summed E-state index contributed by atoms with van der Waals surface area (Å²) in [6.07, 6.45) is -1.37. The zero-order chi connectivity index (χ0) is 20.2. The van der Waals surface area contributed by atoms with Crippen LogP contribution >= 0.6 is 0 Å². The zero-order valence-corrected chi connectivity index (χ0v) is 20.1. The van der Waals surface area contributed by atoms with E-state index in [1.165, 1.54) is 0 Å². The van der Waals surface area contributed by atoms with Crippen molar-refractivity contribution in [2.75, 3.05) is 26.4 Å². The third kappa shape index (κ3) is 7.54. The van der Waals surface area contributed by atoms with E-state index in [1.54, 1.807) is 13.8 Å². The van der Waals surface area contributed by atoms with E-state index in [2.05, 4.69) is 0 Å². The molecule has 0 bridgehead atoms. The molecule has 29 heavy (non-hydrogen) atoms. The number of hydrogen-bond donors (Lipinski definition) is 0. The summed E-state index contributed by atoms with van der Waals surface area (Å²) in [6.45, 7) is 8.51. The van der Waals surface area contributed by atoms with Gasteiger partial charge >= 0.3 is 29.6 Å². The van der Waals surface area contributed by atoms with Crippen molar-refractivity contribution in [3.8, 4) is 0 Å². The first kappa shape index (κ1) is 25.2. The maximum atomic E-state index is 11.3. The average molecular weight is 418 g/mol. The Hall–Kier alpha value is -0.0600. The van der Waals surface area contributed by atoms with Gasteiger partial charge in [0.1, 0.15) is 18.3 Å². The molecule has 2 aliphatic rings. The van der Waals surface area contributed by atoms with E-state index in [0.29, 0.717) is 19.8 Å². The summed E-state index contributed by atoms with van der Waals surface area (Å²) >= 11 is 0. The molecule has 0 aliphatic carbocycles. The van der Waals surface area contributed by atoms with Crippen LogP contribution in [0.5, 0.6) is 0 Å². The van der Waals surface area contributed by atoms with Gasteiger partial charge in [-0.25, -0.2) is 0 Å². The second-order valence-electron chi connectivity index (χ2n) is 8.13. The summed E-state index contributed by atoms with van der Waals surface area (Å²) in [6, 6.07) is 9.99. The molecule has 2 fully saturated rings. The average Bonchev–Trinajstić information content (AvgIpc) is 3.10. The van der Waals surface area contributed by atoms with E-state index in [1.807, 2.05) is 44.2 Å². The molecule has 0 saturated carbocycles. The molecule has 2 saturated heterocycles. The summed E-state index contributed by atoms with van der Waals surface area (Å²) in [5.41, 5.74) is 1.11. The van der Waals surface area contributed by atoms with Crippen LogP contribution in [0.25, 0.3) is 0 Å². The van der Waals surface area contributed by atoms with Gasteiger partial charge in [-0.15, -0.1) is 6.61 Å². The van der Waals surface area contributed by atoms with E-state index >= 15 is 0 Å². The topological polar surface area (TPSA) is 78.4 Å². The van der Waals surface area contributed by atoms with Crippen molar-refractivity contribution >= 4 is 0 Å². The van der Waals surface area contributed by atoms with Gasteiger partial charge < -0.3 is 33.5 Å². The fourth-order valence-corrected chi connectivity index (χ4v) is 3.55. The molecule has 2 aliphatic heterocycles. The van der Waals surface area contributed by atoms with Crippen LogP contribution in [-0.2, 0) is 35.0 Å². The van der Waals surface area contributed by atoms with Crippen molar-refractivity contribution in [1.82, 2.24) is 0 Å². The molecule has 8 heteroatoms. The molecular formula is C21H31NaO7. The zero-order valence-electron chi connectivity index (χ0n) is 18.1. The minimum absolute atomic E-state index is 0. The maximum absolute atomic E-state index is 11.3. The minimum atomic E-state index is -0.758. The summed E-state index contributed by atoms with van der Waals surface area (Å²) in [7, 11) is 0. The van der Waals surface area contributed by atoms with Gasteiger partial charge in [-0.05, 0) is 33.3 Å². The van der Waals surface area contributed by atoms with Gasteiger partial charge in [-0.1, -0.05) is 30.3 Å². The van der Waals surface area contributed by atoms with Gasteiger partial charge in [0.2, 0.25) is 0 Å². The molecule has 1 aromatic carbocycles. The summed E-state index contributed by atoms with van der Waals surface area (Å²) in [5.74, 6) is -1.45. The van der Waals surface area contributed by atoms with Crippen LogP contribution in [0.15, 0.2) is 30.3 Å². The third-order valence-electron chi connectivity index (χ3n) is 4.69. The molecule has 0 radical (unpaired) electrons. The standard InChI is InChI=1S/C21H31O7.Na/c1-20(2)25-16(10-22)17(26-20)12-24-14-19-18(27-21(3,4)28-19)13-23-11-15-8-6-5-7-9-15;/h5-9,16-19H,10-14H2,1-4H3;/q-1;+1. The van der Waals surface area contributed by atoms with Gasteiger partial charge in [0.15, 0.2) is 11.6 Å². The first-order valence-electron chi connectivity index (χ1n) is 9.77. The SMILES string of the molecule is CC1(C)OC(C[O-])C(COCC2OC(C)(C)OC2COCc2ccccc2)O1.[Na+]. The molecule has 3 rings (SSSR count). The third-order valence-corrected chi connectivity index (χ3v) is 4.69. The van der Waals surface area contributed by atoms with Crippen molar-refractivity contribution in [1.29, 1.82) is 0 Å². The molecule has 0 amide bonds. The second-order valence-corrected chi connectivity index (χ2v) is 8.13. The Morgan fingerprint density at radius 3 is 1.72 bits per heavy atom. The van der Waals surface area contributed by atoms with Crippen molar-refractivity contribution in [2.24, 2.45) is 0 Å². The van der Waals surface area contributed by atoms with Crippen molar-refractivity contribution in [2.45, 2.75) is 70.3 Å². The minimum Gasteiger partial charge on any atom is -0.853 e. The van der Waals surface area contributed by atoms with Crippen LogP contribution in [0.2, 0.25) is 0 Å². The number of hydrogen-bond acceptors (Lipinski definition) is 7. The monoisotopic (exact) mass is 418 g/mol. The fraction of sp³-hybridized carbons (Fsp3) is 0.714. The van der Waals surface area contributed by atoms with Gasteiger partial charge in [-0.2, -0.15) is 0 Å². The van der Waals surface area contributed by atoms with Crippen LogP contribution in [-0.4, -0.2) is 62.4 Å². The van der Waals surface area contributed by atoms with Gasteiger partial charge in [0.05, 0.1) is 32.5 Å². The van der Waals surface area contributed by atoms with E-state index in [9.17, 15) is 5.11 Å². The Kier molecular flexibility index (Phi) is 9.56. The van der Waals surface area contributed by atoms with Gasteiger partial charge in [-0.3, -0.25) is 0 Å². The molecular weight excluding hydrogens is 387 g/mol. The molecule has 2 heterocycles. The van der Waals surface area contributed by atoms with E-state index < -0.39 is 17.7 Å². The normalized spacial score (nSPS) is 30.2. The van der Waals surface area contributed by atoms with Crippen LogP contribution in [0.1, 0.15) is 33.3 Å². The number of rotatable bonds is 9. The first-order chi connectivity index (χ1) is 13.3. The summed E-state index contributed by atoms with van der Waals surface area (Å²) in [5, 5.41) is 11.3. The van der Waals surface area contributed by atoms with E-state index in [4.69, 9.17) is 28.4 Å². The molecule has 0 N–H and O–H groups in total. The Balaban J connectivity index is 0.00000300. The molecule has 0 spiro atoms. The molecule has 1 aromatic rings. The summed E-state index contributed by atoms with van der Waals surface area (Å²) in [4.78, 5) is 0. The predicted molar refractivity (Wildman–Crippen MR) is 99.4 cm³/mol. The van der Waals surface area contributed by atoms with Gasteiger partial charge in [0.25, 0.3) is 0 Å². The Bertz CT molecular complexity index is 610. The van der Waals surface area contributed by atoms with Crippen LogP contribution in [0, 0.1) is 0 Å².